The summed E-state index contributed by atoms with van der Waals surface area (Å²) in [6.45, 7) is 4.79. The second-order valence-electron chi connectivity index (χ2n) is 4.52. The molecule has 0 aliphatic heterocycles. The van der Waals surface area contributed by atoms with Gasteiger partial charge >= 0.3 is 0 Å². The molecule has 0 spiro atoms. The Morgan fingerprint density at radius 1 is 1.46 bits per heavy atom. The Morgan fingerprint density at radius 2 is 2.15 bits per heavy atom. The van der Waals surface area contributed by atoms with Gasteiger partial charge in [0.1, 0.15) is 0 Å². The summed E-state index contributed by atoms with van der Waals surface area (Å²) < 4.78 is 5.61. The van der Waals surface area contributed by atoms with E-state index in [0.29, 0.717) is 6.10 Å². The van der Waals surface area contributed by atoms with Crippen LogP contribution in [0.15, 0.2) is 0 Å². The van der Waals surface area contributed by atoms with Gasteiger partial charge in [-0.1, -0.05) is 0 Å². The Bertz CT molecular complexity index is 189. The minimum absolute atomic E-state index is 0.178. The van der Waals surface area contributed by atoms with E-state index in [-0.39, 0.29) is 5.41 Å². The highest BCUT2D eigenvalue weighted by Gasteiger charge is 2.19. The normalized spacial score (nSPS) is 17.9. The maximum Gasteiger partial charge on any atom is 0.0683 e. The molecular formula is C11H19NO. The van der Waals surface area contributed by atoms with E-state index in [0.717, 1.165) is 19.4 Å². The highest BCUT2D eigenvalue weighted by atomic mass is 16.5. The average molecular weight is 181 g/mol. The molecule has 0 amide bonds. The summed E-state index contributed by atoms with van der Waals surface area (Å²) in [5.74, 6) is 0. The van der Waals surface area contributed by atoms with Crippen molar-refractivity contribution >= 4 is 0 Å². The number of nitrogens with zero attached hydrogens (tertiary/aromatic N) is 1. The minimum Gasteiger partial charge on any atom is -0.378 e. The van der Waals surface area contributed by atoms with Gasteiger partial charge in [0.25, 0.3) is 0 Å². The van der Waals surface area contributed by atoms with Crippen molar-refractivity contribution in [3.8, 4) is 6.07 Å². The summed E-state index contributed by atoms with van der Waals surface area (Å²) in [5.41, 5.74) is -0.178. The van der Waals surface area contributed by atoms with Crippen molar-refractivity contribution in [3.05, 3.63) is 0 Å². The van der Waals surface area contributed by atoms with Crippen molar-refractivity contribution in [1.82, 2.24) is 0 Å². The van der Waals surface area contributed by atoms with E-state index in [1.165, 1.54) is 19.3 Å². The maximum atomic E-state index is 8.77. The number of rotatable bonds is 5. The van der Waals surface area contributed by atoms with E-state index < -0.39 is 0 Å². The van der Waals surface area contributed by atoms with E-state index >= 15 is 0 Å². The second-order valence-corrected chi connectivity index (χ2v) is 4.52. The van der Waals surface area contributed by atoms with E-state index in [9.17, 15) is 0 Å². The van der Waals surface area contributed by atoms with Crippen molar-refractivity contribution in [2.24, 2.45) is 5.41 Å². The van der Waals surface area contributed by atoms with Gasteiger partial charge in [-0.3, -0.25) is 0 Å². The molecule has 0 aromatic rings. The fourth-order valence-electron chi connectivity index (χ4n) is 1.36. The molecule has 0 aromatic carbocycles. The van der Waals surface area contributed by atoms with Crippen LogP contribution in [0.4, 0.5) is 0 Å². The highest BCUT2D eigenvalue weighted by molar-refractivity contribution is 4.91. The molecule has 0 heterocycles. The van der Waals surface area contributed by atoms with E-state index in [4.69, 9.17) is 10.00 Å². The quantitative estimate of drug-likeness (QED) is 0.611. The summed E-state index contributed by atoms with van der Waals surface area (Å²) in [5, 5.41) is 8.77. The molecule has 1 saturated carbocycles. The molecule has 0 radical (unpaired) electrons. The van der Waals surface area contributed by atoms with Crippen molar-refractivity contribution in [1.29, 1.82) is 5.26 Å². The molecule has 1 fully saturated rings. The van der Waals surface area contributed by atoms with Crippen LogP contribution in [0.5, 0.6) is 0 Å². The van der Waals surface area contributed by atoms with E-state index in [1.807, 2.05) is 13.8 Å². The first-order chi connectivity index (χ1) is 6.14. The van der Waals surface area contributed by atoms with Crippen LogP contribution >= 0.6 is 0 Å². The first-order valence-corrected chi connectivity index (χ1v) is 5.17. The van der Waals surface area contributed by atoms with Gasteiger partial charge in [-0.15, -0.1) is 0 Å². The van der Waals surface area contributed by atoms with Crippen LogP contribution < -0.4 is 0 Å². The molecule has 2 nitrogen and oxygen atoms in total. The number of nitriles is 1. The third-order valence-corrected chi connectivity index (χ3v) is 2.65. The first kappa shape index (κ1) is 10.5. The van der Waals surface area contributed by atoms with Crippen LogP contribution in [0.25, 0.3) is 0 Å². The largest absolute Gasteiger partial charge is 0.378 e. The lowest BCUT2D eigenvalue weighted by Crippen LogP contribution is -2.22. The zero-order valence-corrected chi connectivity index (χ0v) is 8.68. The van der Waals surface area contributed by atoms with Crippen LogP contribution in [-0.2, 0) is 4.74 Å². The smallest absolute Gasteiger partial charge is 0.0683 e. The summed E-state index contributed by atoms with van der Waals surface area (Å²) in [6.07, 6.45) is 6.29. The number of ether oxygens (including phenoxy) is 1. The molecule has 2 heteroatoms. The summed E-state index contributed by atoms with van der Waals surface area (Å²) in [6, 6.07) is 2.30. The van der Waals surface area contributed by atoms with Crippen molar-refractivity contribution in [2.45, 2.75) is 52.1 Å². The van der Waals surface area contributed by atoms with Crippen LogP contribution in [-0.4, -0.2) is 12.7 Å². The Balaban J connectivity index is 1.97. The van der Waals surface area contributed by atoms with E-state index in [1.54, 1.807) is 0 Å². The van der Waals surface area contributed by atoms with Gasteiger partial charge in [0.2, 0.25) is 0 Å². The second kappa shape index (κ2) is 4.62. The van der Waals surface area contributed by atoms with Gasteiger partial charge in [0.15, 0.2) is 0 Å². The van der Waals surface area contributed by atoms with Crippen LogP contribution in [0, 0.1) is 16.7 Å². The standard InChI is InChI=1S/C11H19NO/c1-11(2,9-12)7-4-8-13-10-5-3-6-10/h10H,3-8H2,1-2H3. The number of hydrogen-bond donors (Lipinski definition) is 0. The lowest BCUT2D eigenvalue weighted by molar-refractivity contribution is -0.00103. The summed E-state index contributed by atoms with van der Waals surface area (Å²) in [4.78, 5) is 0. The van der Waals surface area contributed by atoms with Crippen molar-refractivity contribution < 1.29 is 4.74 Å². The molecule has 13 heavy (non-hydrogen) atoms. The van der Waals surface area contributed by atoms with Crippen molar-refractivity contribution in [3.63, 3.8) is 0 Å². The summed E-state index contributed by atoms with van der Waals surface area (Å²) >= 11 is 0. The molecule has 0 aromatic heterocycles. The molecule has 1 rings (SSSR count). The maximum absolute atomic E-state index is 8.77. The SMILES string of the molecule is CC(C)(C#N)CCCOC1CCC1. The Hall–Kier alpha value is -0.550. The molecule has 0 bridgehead atoms. The zero-order chi connectivity index (χ0) is 9.73. The fraction of sp³-hybridized carbons (Fsp3) is 0.909. The fourth-order valence-corrected chi connectivity index (χ4v) is 1.36. The van der Waals surface area contributed by atoms with Crippen LogP contribution in [0.3, 0.4) is 0 Å². The molecule has 0 N–H and O–H groups in total. The lowest BCUT2D eigenvalue weighted by atomic mass is 9.90. The van der Waals surface area contributed by atoms with Gasteiger partial charge in [-0.25, -0.2) is 0 Å². The highest BCUT2D eigenvalue weighted by Crippen LogP contribution is 2.24. The first-order valence-electron chi connectivity index (χ1n) is 5.17. The van der Waals surface area contributed by atoms with Crippen molar-refractivity contribution in [2.75, 3.05) is 6.61 Å². The Morgan fingerprint density at radius 3 is 2.62 bits per heavy atom. The van der Waals surface area contributed by atoms with Gasteiger partial charge in [-0.2, -0.15) is 5.26 Å². The van der Waals surface area contributed by atoms with Gasteiger partial charge in [0.05, 0.1) is 17.6 Å². The predicted octanol–water partition coefficient (Wildman–Crippen LogP) is 2.89. The minimum atomic E-state index is -0.178. The molecular weight excluding hydrogens is 162 g/mol. The average Bonchev–Trinajstić information content (AvgIpc) is 2.01. The Labute approximate surface area is 80.9 Å². The van der Waals surface area contributed by atoms with E-state index in [2.05, 4.69) is 6.07 Å². The molecule has 1 aliphatic rings. The van der Waals surface area contributed by atoms with Gasteiger partial charge in [-0.05, 0) is 46.0 Å². The van der Waals surface area contributed by atoms with Crippen LogP contribution in [0.2, 0.25) is 0 Å². The van der Waals surface area contributed by atoms with Crippen LogP contribution in [0.1, 0.15) is 46.0 Å². The molecule has 74 valence electrons. The lowest BCUT2D eigenvalue weighted by Gasteiger charge is -2.26. The topological polar surface area (TPSA) is 33.0 Å². The molecule has 0 atom stereocenters. The summed E-state index contributed by atoms with van der Waals surface area (Å²) in [7, 11) is 0. The zero-order valence-electron chi connectivity index (χ0n) is 8.68. The third-order valence-electron chi connectivity index (χ3n) is 2.65. The Kier molecular flexibility index (Phi) is 3.74. The van der Waals surface area contributed by atoms with Gasteiger partial charge in [0, 0.05) is 6.61 Å². The predicted molar refractivity (Wildman–Crippen MR) is 52.2 cm³/mol. The molecule has 1 aliphatic carbocycles. The monoisotopic (exact) mass is 181 g/mol. The number of hydrogen-bond acceptors (Lipinski definition) is 2. The molecule has 0 saturated heterocycles. The molecule has 0 unspecified atom stereocenters. The van der Waals surface area contributed by atoms with Gasteiger partial charge < -0.3 is 4.74 Å². The third kappa shape index (κ3) is 3.78.